The van der Waals surface area contributed by atoms with Gasteiger partial charge in [0.2, 0.25) is 5.78 Å². The smallest absolute Gasteiger partial charge is 0.244 e. The number of ketones is 2. The van der Waals surface area contributed by atoms with E-state index in [0.29, 0.717) is 10.9 Å². The lowest BCUT2D eigenvalue weighted by molar-refractivity contribution is 0.0910. The maximum Gasteiger partial charge on any atom is 0.244 e. The molecule has 0 bridgehead atoms. The number of ether oxygens (including phenoxy) is 2. The molecule has 0 spiro atoms. The Balaban J connectivity index is 2.40. The maximum absolute atomic E-state index is 12.4. The summed E-state index contributed by atoms with van der Waals surface area (Å²) in [5.74, 6) is -0.476. The molecule has 108 valence electrons. The summed E-state index contributed by atoms with van der Waals surface area (Å²) in [5, 5.41) is 10.4. The third-order valence-corrected chi connectivity index (χ3v) is 3.67. The van der Waals surface area contributed by atoms with Crippen LogP contribution in [0.15, 0.2) is 24.0 Å². The first kappa shape index (κ1) is 13.2. The van der Waals surface area contributed by atoms with E-state index >= 15 is 0 Å². The summed E-state index contributed by atoms with van der Waals surface area (Å²) in [4.78, 5) is 24.6. The van der Waals surface area contributed by atoms with Gasteiger partial charge in [0.25, 0.3) is 0 Å². The van der Waals surface area contributed by atoms with Crippen LogP contribution >= 0.6 is 0 Å². The second-order valence-electron chi connectivity index (χ2n) is 4.73. The molecular weight excluding hydrogens is 274 g/mol. The van der Waals surface area contributed by atoms with Gasteiger partial charge in [-0.15, -0.1) is 0 Å². The summed E-state index contributed by atoms with van der Waals surface area (Å²) >= 11 is 0. The lowest BCUT2D eigenvalue weighted by Gasteiger charge is -2.12. The first-order valence-electron chi connectivity index (χ1n) is 6.23. The number of rotatable bonds is 2. The minimum absolute atomic E-state index is 0.00888. The molecule has 0 aliphatic heterocycles. The molecule has 1 N–H and O–H groups in total. The maximum atomic E-state index is 12.4. The van der Waals surface area contributed by atoms with Gasteiger partial charge < -0.3 is 19.1 Å². The van der Waals surface area contributed by atoms with Crippen molar-refractivity contribution in [2.75, 3.05) is 14.2 Å². The third-order valence-electron chi connectivity index (χ3n) is 3.67. The highest BCUT2D eigenvalue weighted by Crippen LogP contribution is 2.37. The Kier molecular flexibility index (Phi) is 2.76. The van der Waals surface area contributed by atoms with E-state index in [0.717, 1.165) is 0 Å². The second kappa shape index (κ2) is 4.37. The number of phenolic OH excluding ortho intramolecular Hbond substituents is 1. The monoisotopic (exact) mass is 287 g/mol. The predicted octanol–water partition coefficient (Wildman–Crippen LogP) is 1.80. The van der Waals surface area contributed by atoms with Crippen LogP contribution in [-0.2, 0) is 11.8 Å². The van der Waals surface area contributed by atoms with E-state index in [-0.39, 0.29) is 40.1 Å². The van der Waals surface area contributed by atoms with Crippen molar-refractivity contribution in [3.63, 3.8) is 0 Å². The number of carbonyl (C=O) groups excluding carboxylic acids is 2. The van der Waals surface area contributed by atoms with E-state index in [4.69, 9.17) is 9.47 Å². The highest BCUT2D eigenvalue weighted by molar-refractivity contribution is 6.28. The molecule has 2 aromatic rings. The Morgan fingerprint density at radius 2 is 1.86 bits per heavy atom. The van der Waals surface area contributed by atoms with E-state index in [2.05, 4.69) is 0 Å². The standard InChI is InChI=1S/C15H13NO5/c1-16-8-5-11(20-2)9(17)4-7(8)13-10(18)6-12(21-3)15(19)14(13)16/h4-6,17H,1-3H3. The van der Waals surface area contributed by atoms with Crippen molar-refractivity contribution in [2.45, 2.75) is 0 Å². The summed E-state index contributed by atoms with van der Waals surface area (Å²) in [6.45, 7) is 0. The van der Waals surface area contributed by atoms with Crippen molar-refractivity contribution in [2.24, 2.45) is 7.05 Å². The zero-order valence-electron chi connectivity index (χ0n) is 11.8. The topological polar surface area (TPSA) is 77.8 Å². The number of nitrogens with zero attached hydrogens (tertiary/aromatic N) is 1. The molecule has 1 aliphatic carbocycles. The fourth-order valence-electron chi connectivity index (χ4n) is 2.65. The first-order chi connectivity index (χ1) is 9.99. The molecule has 0 saturated carbocycles. The van der Waals surface area contributed by atoms with Gasteiger partial charge in [0, 0.05) is 24.6 Å². The Hall–Kier alpha value is -2.76. The number of aromatic nitrogens is 1. The third kappa shape index (κ3) is 1.65. The normalized spacial score (nSPS) is 14.1. The van der Waals surface area contributed by atoms with Gasteiger partial charge in [-0.05, 0) is 6.07 Å². The van der Waals surface area contributed by atoms with Crippen molar-refractivity contribution in [3.05, 3.63) is 35.2 Å². The minimum atomic E-state index is -0.357. The number of hydrogen-bond donors (Lipinski definition) is 1. The Bertz CT molecular complexity index is 828. The van der Waals surface area contributed by atoms with Gasteiger partial charge in [0.1, 0.15) is 5.69 Å². The molecule has 0 radical (unpaired) electrons. The Labute approximate surface area is 120 Å². The first-order valence-corrected chi connectivity index (χ1v) is 6.23. The average Bonchev–Trinajstić information content (AvgIpc) is 2.75. The van der Waals surface area contributed by atoms with Crippen LogP contribution in [0.1, 0.15) is 20.8 Å². The zero-order valence-corrected chi connectivity index (χ0v) is 11.8. The minimum Gasteiger partial charge on any atom is -0.504 e. The number of carbonyl (C=O) groups is 2. The number of methoxy groups -OCH3 is 2. The van der Waals surface area contributed by atoms with Crippen molar-refractivity contribution < 1.29 is 24.2 Å². The number of Topliss-reactive ketones (excluding diaryl/α,β-unsaturated/α-hetero) is 1. The van der Waals surface area contributed by atoms with E-state index in [9.17, 15) is 14.7 Å². The molecule has 21 heavy (non-hydrogen) atoms. The molecular formula is C15H13NO5. The molecule has 1 aromatic carbocycles. The molecule has 0 saturated heterocycles. The fourth-order valence-corrected chi connectivity index (χ4v) is 2.65. The molecule has 0 amide bonds. The van der Waals surface area contributed by atoms with Crippen molar-refractivity contribution in [1.82, 2.24) is 4.57 Å². The molecule has 3 rings (SSSR count). The quantitative estimate of drug-likeness (QED) is 0.911. The van der Waals surface area contributed by atoms with Crippen LogP contribution in [0.3, 0.4) is 0 Å². The number of phenols is 1. The van der Waals surface area contributed by atoms with Crippen molar-refractivity contribution in [3.8, 4) is 11.5 Å². The zero-order chi connectivity index (χ0) is 15.3. The molecule has 1 heterocycles. The molecule has 0 atom stereocenters. The van der Waals surface area contributed by atoms with Gasteiger partial charge in [0.05, 0.1) is 25.3 Å². The van der Waals surface area contributed by atoms with Gasteiger partial charge in [-0.3, -0.25) is 9.59 Å². The van der Waals surface area contributed by atoms with Crippen molar-refractivity contribution in [1.29, 1.82) is 0 Å². The van der Waals surface area contributed by atoms with E-state index in [1.807, 2.05) is 0 Å². The Morgan fingerprint density at radius 3 is 2.48 bits per heavy atom. The SMILES string of the molecule is COC1=CC(=O)c2c(n(C)c3cc(OC)c(O)cc23)C1=O. The van der Waals surface area contributed by atoms with E-state index < -0.39 is 0 Å². The summed E-state index contributed by atoms with van der Waals surface area (Å²) in [6.07, 6.45) is 1.17. The highest BCUT2D eigenvalue weighted by atomic mass is 16.5. The molecule has 6 nitrogen and oxygen atoms in total. The Morgan fingerprint density at radius 1 is 1.14 bits per heavy atom. The largest absolute Gasteiger partial charge is 0.504 e. The summed E-state index contributed by atoms with van der Waals surface area (Å²) in [5.41, 5.74) is 1.15. The average molecular weight is 287 g/mol. The predicted molar refractivity (Wildman–Crippen MR) is 74.9 cm³/mol. The van der Waals surface area contributed by atoms with Gasteiger partial charge in [-0.25, -0.2) is 0 Å². The van der Waals surface area contributed by atoms with Crippen LogP contribution in [-0.4, -0.2) is 35.5 Å². The van der Waals surface area contributed by atoms with Gasteiger partial charge in [-0.2, -0.15) is 0 Å². The van der Waals surface area contributed by atoms with E-state index in [1.54, 1.807) is 17.7 Å². The lowest BCUT2D eigenvalue weighted by Crippen LogP contribution is -2.19. The van der Waals surface area contributed by atoms with E-state index in [1.165, 1.54) is 26.4 Å². The molecule has 6 heteroatoms. The number of aryl methyl sites for hydroxylation is 1. The van der Waals surface area contributed by atoms with Crippen LogP contribution < -0.4 is 4.74 Å². The lowest BCUT2D eigenvalue weighted by atomic mass is 9.97. The second-order valence-corrected chi connectivity index (χ2v) is 4.73. The van der Waals surface area contributed by atoms with Gasteiger partial charge in [-0.1, -0.05) is 0 Å². The van der Waals surface area contributed by atoms with Crippen LogP contribution in [0, 0.1) is 0 Å². The number of aromatic hydroxyl groups is 1. The molecule has 1 aromatic heterocycles. The molecule has 1 aliphatic rings. The molecule has 0 fully saturated rings. The number of benzene rings is 1. The number of fused-ring (bicyclic) bond motifs is 3. The number of allylic oxidation sites excluding steroid dienone is 2. The fraction of sp³-hybridized carbons (Fsp3) is 0.200. The van der Waals surface area contributed by atoms with Gasteiger partial charge in [0.15, 0.2) is 23.0 Å². The van der Waals surface area contributed by atoms with Crippen LogP contribution in [0.2, 0.25) is 0 Å². The van der Waals surface area contributed by atoms with Crippen LogP contribution in [0.4, 0.5) is 0 Å². The van der Waals surface area contributed by atoms with Crippen LogP contribution in [0.25, 0.3) is 10.9 Å². The number of hydrogen-bond acceptors (Lipinski definition) is 5. The molecule has 0 unspecified atom stereocenters. The van der Waals surface area contributed by atoms with Crippen molar-refractivity contribution >= 4 is 22.5 Å². The highest BCUT2D eigenvalue weighted by Gasteiger charge is 2.32. The van der Waals surface area contributed by atoms with Crippen LogP contribution in [0.5, 0.6) is 11.5 Å². The summed E-state index contributed by atoms with van der Waals surface area (Å²) in [6, 6.07) is 3.03. The van der Waals surface area contributed by atoms with Gasteiger partial charge >= 0.3 is 0 Å². The summed E-state index contributed by atoms with van der Waals surface area (Å²) in [7, 11) is 4.46. The summed E-state index contributed by atoms with van der Waals surface area (Å²) < 4.78 is 11.6.